The monoisotopic (exact) mass is 330 g/mol. The minimum absolute atomic E-state index is 0.502. The van der Waals surface area contributed by atoms with Crippen molar-refractivity contribution in [3.05, 3.63) is 65.0 Å². The zero-order chi connectivity index (χ0) is 13.8. The summed E-state index contributed by atoms with van der Waals surface area (Å²) >= 11 is 3.50. The standard InChI is InChI=1S/C15H11BrN2O2/c16-14-4-2-1-3-12(14)9-19-13-7-5-11(6-8-13)15-18-17-10-20-15/h1-8,10H,9H2. The molecule has 0 bridgehead atoms. The summed E-state index contributed by atoms with van der Waals surface area (Å²) in [6.45, 7) is 0.515. The molecule has 0 N–H and O–H groups in total. The van der Waals surface area contributed by atoms with Crippen LogP contribution in [-0.2, 0) is 6.61 Å². The van der Waals surface area contributed by atoms with Gasteiger partial charge < -0.3 is 9.15 Å². The Kier molecular flexibility index (Phi) is 3.78. The fourth-order valence-electron chi connectivity index (χ4n) is 1.77. The van der Waals surface area contributed by atoms with Crippen LogP contribution in [0.1, 0.15) is 5.56 Å². The van der Waals surface area contributed by atoms with Gasteiger partial charge in [0.15, 0.2) is 0 Å². The fraction of sp³-hybridized carbons (Fsp3) is 0.0667. The third-order valence-corrected chi connectivity index (χ3v) is 3.59. The molecular formula is C15H11BrN2O2. The molecule has 0 radical (unpaired) electrons. The van der Waals surface area contributed by atoms with Gasteiger partial charge in [-0.25, -0.2) is 0 Å². The van der Waals surface area contributed by atoms with E-state index in [2.05, 4.69) is 26.1 Å². The van der Waals surface area contributed by atoms with Crippen molar-refractivity contribution in [2.24, 2.45) is 0 Å². The molecule has 1 aromatic heterocycles. The van der Waals surface area contributed by atoms with E-state index in [4.69, 9.17) is 9.15 Å². The first-order chi connectivity index (χ1) is 9.83. The Bertz CT molecular complexity index is 681. The van der Waals surface area contributed by atoms with Crippen LogP contribution < -0.4 is 4.74 Å². The number of ether oxygens (including phenoxy) is 1. The third-order valence-electron chi connectivity index (χ3n) is 2.81. The summed E-state index contributed by atoms with van der Waals surface area (Å²) < 4.78 is 11.9. The molecule has 0 fully saturated rings. The summed E-state index contributed by atoms with van der Waals surface area (Å²) in [5.41, 5.74) is 1.98. The molecule has 0 saturated carbocycles. The molecule has 0 spiro atoms. The maximum absolute atomic E-state index is 5.75. The van der Waals surface area contributed by atoms with Crippen LogP contribution in [0, 0.1) is 0 Å². The van der Waals surface area contributed by atoms with E-state index in [1.165, 1.54) is 6.39 Å². The first kappa shape index (κ1) is 12.9. The summed E-state index contributed by atoms with van der Waals surface area (Å²) in [6.07, 6.45) is 1.31. The largest absolute Gasteiger partial charge is 0.489 e. The Hall–Kier alpha value is -2.14. The maximum atomic E-state index is 5.75. The molecule has 4 nitrogen and oxygen atoms in total. The van der Waals surface area contributed by atoms with Crippen molar-refractivity contribution in [2.75, 3.05) is 0 Å². The molecule has 0 amide bonds. The normalized spacial score (nSPS) is 10.4. The lowest BCUT2D eigenvalue weighted by atomic mass is 10.2. The van der Waals surface area contributed by atoms with Crippen molar-refractivity contribution in [1.29, 1.82) is 0 Å². The van der Waals surface area contributed by atoms with Crippen LogP contribution >= 0.6 is 15.9 Å². The summed E-state index contributed by atoms with van der Waals surface area (Å²) in [6, 6.07) is 15.5. The quantitative estimate of drug-likeness (QED) is 0.723. The molecule has 2 aromatic carbocycles. The SMILES string of the molecule is Brc1ccccc1COc1ccc(-c2nnco2)cc1. The average Bonchev–Trinajstić information content (AvgIpc) is 3.01. The first-order valence-electron chi connectivity index (χ1n) is 6.06. The van der Waals surface area contributed by atoms with E-state index >= 15 is 0 Å². The van der Waals surface area contributed by atoms with Crippen LogP contribution in [0.4, 0.5) is 0 Å². The smallest absolute Gasteiger partial charge is 0.247 e. The van der Waals surface area contributed by atoms with Crippen molar-refractivity contribution < 1.29 is 9.15 Å². The van der Waals surface area contributed by atoms with Crippen LogP contribution in [0.5, 0.6) is 5.75 Å². The van der Waals surface area contributed by atoms with Gasteiger partial charge in [-0.1, -0.05) is 34.1 Å². The number of hydrogen-bond donors (Lipinski definition) is 0. The van der Waals surface area contributed by atoms with Crippen LogP contribution in [-0.4, -0.2) is 10.2 Å². The van der Waals surface area contributed by atoms with Crippen molar-refractivity contribution in [3.8, 4) is 17.2 Å². The fourth-order valence-corrected chi connectivity index (χ4v) is 2.17. The van der Waals surface area contributed by atoms with Gasteiger partial charge in [0.1, 0.15) is 12.4 Å². The molecule has 0 aliphatic rings. The molecular weight excluding hydrogens is 320 g/mol. The molecule has 0 saturated heterocycles. The van der Waals surface area contributed by atoms with Gasteiger partial charge in [0.2, 0.25) is 12.3 Å². The number of rotatable bonds is 4. The number of halogens is 1. The van der Waals surface area contributed by atoms with Gasteiger partial charge in [-0.3, -0.25) is 0 Å². The van der Waals surface area contributed by atoms with E-state index in [0.717, 1.165) is 21.3 Å². The van der Waals surface area contributed by atoms with Gasteiger partial charge in [-0.15, -0.1) is 10.2 Å². The summed E-state index contributed by atoms with van der Waals surface area (Å²) in [7, 11) is 0. The lowest BCUT2D eigenvalue weighted by molar-refractivity contribution is 0.305. The number of benzene rings is 2. The van der Waals surface area contributed by atoms with Gasteiger partial charge in [-0.05, 0) is 30.3 Å². The molecule has 0 aliphatic carbocycles. The highest BCUT2D eigenvalue weighted by molar-refractivity contribution is 9.10. The molecule has 5 heteroatoms. The Balaban J connectivity index is 1.68. The molecule has 20 heavy (non-hydrogen) atoms. The van der Waals surface area contributed by atoms with Crippen LogP contribution in [0.15, 0.2) is 63.8 Å². The zero-order valence-corrected chi connectivity index (χ0v) is 12.1. The van der Waals surface area contributed by atoms with Gasteiger partial charge >= 0.3 is 0 Å². The minimum Gasteiger partial charge on any atom is -0.489 e. The van der Waals surface area contributed by atoms with Gasteiger partial charge in [0.05, 0.1) is 0 Å². The highest BCUT2D eigenvalue weighted by Gasteiger charge is 2.04. The number of nitrogens with zero attached hydrogens (tertiary/aromatic N) is 2. The summed E-state index contributed by atoms with van der Waals surface area (Å²) in [4.78, 5) is 0. The summed E-state index contributed by atoms with van der Waals surface area (Å²) in [5.74, 6) is 1.30. The first-order valence-corrected chi connectivity index (χ1v) is 6.85. The van der Waals surface area contributed by atoms with E-state index in [-0.39, 0.29) is 0 Å². The highest BCUT2D eigenvalue weighted by Crippen LogP contribution is 2.22. The minimum atomic E-state index is 0.502. The van der Waals surface area contributed by atoms with Gasteiger partial charge in [0.25, 0.3) is 0 Å². The van der Waals surface area contributed by atoms with E-state index in [9.17, 15) is 0 Å². The Labute approximate surface area is 124 Å². The molecule has 100 valence electrons. The van der Waals surface area contributed by atoms with E-state index in [0.29, 0.717) is 12.5 Å². The van der Waals surface area contributed by atoms with E-state index in [1.807, 2.05) is 48.5 Å². The second-order valence-electron chi connectivity index (χ2n) is 4.15. The van der Waals surface area contributed by atoms with Crippen molar-refractivity contribution in [3.63, 3.8) is 0 Å². The molecule has 3 rings (SSSR count). The topological polar surface area (TPSA) is 48.2 Å². The highest BCUT2D eigenvalue weighted by atomic mass is 79.9. The lowest BCUT2D eigenvalue weighted by Crippen LogP contribution is -1.96. The maximum Gasteiger partial charge on any atom is 0.247 e. The van der Waals surface area contributed by atoms with E-state index in [1.54, 1.807) is 0 Å². The summed E-state index contributed by atoms with van der Waals surface area (Å²) in [5, 5.41) is 7.51. The Morgan fingerprint density at radius 2 is 1.85 bits per heavy atom. The van der Waals surface area contributed by atoms with Crippen molar-refractivity contribution >= 4 is 15.9 Å². The van der Waals surface area contributed by atoms with Crippen molar-refractivity contribution in [1.82, 2.24) is 10.2 Å². The Morgan fingerprint density at radius 1 is 1.05 bits per heavy atom. The molecule has 0 atom stereocenters. The second-order valence-corrected chi connectivity index (χ2v) is 5.00. The molecule has 0 aliphatic heterocycles. The second kappa shape index (κ2) is 5.88. The molecule has 3 aromatic rings. The van der Waals surface area contributed by atoms with Crippen molar-refractivity contribution in [2.45, 2.75) is 6.61 Å². The van der Waals surface area contributed by atoms with Crippen LogP contribution in [0.2, 0.25) is 0 Å². The van der Waals surface area contributed by atoms with Gasteiger partial charge in [0, 0.05) is 15.6 Å². The zero-order valence-electron chi connectivity index (χ0n) is 10.5. The van der Waals surface area contributed by atoms with Crippen LogP contribution in [0.25, 0.3) is 11.5 Å². The predicted molar refractivity (Wildman–Crippen MR) is 78.2 cm³/mol. The van der Waals surface area contributed by atoms with E-state index < -0.39 is 0 Å². The number of hydrogen-bond acceptors (Lipinski definition) is 4. The third kappa shape index (κ3) is 2.88. The molecule has 1 heterocycles. The van der Waals surface area contributed by atoms with Gasteiger partial charge in [-0.2, -0.15) is 0 Å². The predicted octanol–water partition coefficient (Wildman–Crippen LogP) is 4.08. The average molecular weight is 331 g/mol. The lowest BCUT2D eigenvalue weighted by Gasteiger charge is -2.08. The Morgan fingerprint density at radius 3 is 2.55 bits per heavy atom. The number of aromatic nitrogens is 2. The molecule has 0 unspecified atom stereocenters. The van der Waals surface area contributed by atoms with Crippen LogP contribution in [0.3, 0.4) is 0 Å².